The van der Waals surface area contributed by atoms with Crippen LogP contribution in [-0.4, -0.2) is 41.2 Å². The van der Waals surface area contributed by atoms with Crippen molar-refractivity contribution in [2.75, 3.05) is 0 Å². The Morgan fingerprint density at radius 1 is 1.40 bits per heavy atom. The molecule has 0 saturated heterocycles. The third-order valence-electron chi connectivity index (χ3n) is 2.68. The summed E-state index contributed by atoms with van der Waals surface area (Å²) in [5.41, 5.74) is 4.38. The van der Waals surface area contributed by atoms with Gasteiger partial charge in [-0.25, -0.2) is 4.98 Å². The molecular formula is C12H21N5O3+2. The van der Waals surface area contributed by atoms with Crippen LogP contribution in [0.25, 0.3) is 0 Å². The first-order chi connectivity index (χ1) is 9.43. The molecule has 0 unspecified atom stereocenters. The van der Waals surface area contributed by atoms with Crippen LogP contribution in [0.15, 0.2) is 12.5 Å². The average Bonchev–Trinajstić information content (AvgIpc) is 2.90. The maximum Gasteiger partial charge on any atom is 0.278 e. The van der Waals surface area contributed by atoms with E-state index in [2.05, 4.69) is 26.3 Å². The zero-order valence-electron chi connectivity index (χ0n) is 11.6. The molecule has 8 nitrogen and oxygen atoms in total. The number of aldehydes is 1. The van der Waals surface area contributed by atoms with E-state index in [0.717, 1.165) is 5.69 Å². The number of hydrogen-bond acceptors (Lipinski definition) is 3. The van der Waals surface area contributed by atoms with Crippen LogP contribution < -0.4 is 21.4 Å². The summed E-state index contributed by atoms with van der Waals surface area (Å²) in [6, 6.07) is -1.83. The lowest BCUT2D eigenvalue weighted by Gasteiger charge is -2.18. The van der Waals surface area contributed by atoms with Crippen LogP contribution in [0.2, 0.25) is 0 Å². The number of quaternary nitrogens is 1. The molecule has 1 rings (SSSR count). The summed E-state index contributed by atoms with van der Waals surface area (Å²) in [5, 5.41) is 5.14. The maximum absolute atomic E-state index is 12.1. The van der Waals surface area contributed by atoms with Gasteiger partial charge in [-0.3, -0.25) is 14.6 Å². The lowest BCUT2D eigenvalue weighted by Crippen LogP contribution is -2.67. The lowest BCUT2D eigenvalue weighted by atomic mass is 10.1. The summed E-state index contributed by atoms with van der Waals surface area (Å²) >= 11 is 0. The van der Waals surface area contributed by atoms with E-state index in [9.17, 15) is 14.4 Å². The van der Waals surface area contributed by atoms with Gasteiger partial charge in [0.25, 0.3) is 5.91 Å². The van der Waals surface area contributed by atoms with Gasteiger partial charge in [-0.05, 0) is 13.8 Å². The van der Waals surface area contributed by atoms with Gasteiger partial charge in [0.15, 0.2) is 6.04 Å². The highest BCUT2D eigenvalue weighted by Crippen LogP contribution is 1.98. The zero-order chi connectivity index (χ0) is 15.1. The van der Waals surface area contributed by atoms with Crippen molar-refractivity contribution in [2.24, 2.45) is 0 Å². The van der Waals surface area contributed by atoms with Crippen LogP contribution in [0.5, 0.6) is 0 Å². The molecular weight excluding hydrogens is 262 g/mol. The molecule has 0 spiro atoms. The van der Waals surface area contributed by atoms with Crippen LogP contribution in [0.1, 0.15) is 19.5 Å². The highest BCUT2D eigenvalue weighted by atomic mass is 16.2. The number of rotatable bonds is 7. The minimum atomic E-state index is -0.763. The molecule has 0 aromatic carbocycles. The molecule has 0 aliphatic heterocycles. The molecule has 3 atom stereocenters. The number of carbonyl (C=O) groups is 3. The minimum Gasteiger partial charge on any atom is -0.348 e. The highest BCUT2D eigenvalue weighted by molar-refractivity contribution is 5.90. The van der Waals surface area contributed by atoms with E-state index >= 15 is 0 Å². The van der Waals surface area contributed by atoms with E-state index < -0.39 is 24.0 Å². The number of nitrogens with one attached hydrogen (secondary N) is 4. The standard InChI is InChI=1S/C12H19N5O3/c1-7(5-18)16-12(20)10(17-11(19)8(2)13)3-9-4-14-6-15-9/h4-8,10H,3,13H2,1-2H3,(H,14,15)(H,16,20)(H,17,19)/p+2/t7-,8-,10-/m0/s1. The van der Waals surface area contributed by atoms with E-state index in [-0.39, 0.29) is 5.91 Å². The van der Waals surface area contributed by atoms with Crippen LogP contribution in [-0.2, 0) is 20.8 Å². The fourth-order valence-electron chi connectivity index (χ4n) is 1.54. The van der Waals surface area contributed by atoms with Crippen molar-refractivity contribution in [3.8, 4) is 0 Å². The van der Waals surface area contributed by atoms with Gasteiger partial charge in [0, 0.05) is 6.42 Å². The Balaban J connectivity index is 2.75. The molecule has 0 saturated carbocycles. The van der Waals surface area contributed by atoms with Crippen LogP contribution in [0.4, 0.5) is 0 Å². The monoisotopic (exact) mass is 283 g/mol. The fraction of sp³-hybridized carbons (Fsp3) is 0.500. The van der Waals surface area contributed by atoms with E-state index in [1.54, 1.807) is 26.4 Å². The molecule has 2 amide bonds. The van der Waals surface area contributed by atoms with E-state index in [0.29, 0.717) is 12.7 Å². The third kappa shape index (κ3) is 4.81. The first-order valence-electron chi connectivity index (χ1n) is 6.36. The number of hydrogen-bond donors (Lipinski definition) is 4. The van der Waals surface area contributed by atoms with Gasteiger partial charge in [-0.15, -0.1) is 0 Å². The predicted octanol–water partition coefficient (Wildman–Crippen LogP) is -2.81. The molecule has 0 aliphatic rings. The molecule has 110 valence electrons. The summed E-state index contributed by atoms with van der Waals surface area (Å²) in [6.45, 7) is 3.21. The number of aromatic nitrogens is 2. The Labute approximate surface area is 116 Å². The van der Waals surface area contributed by atoms with E-state index in [1.807, 2.05) is 0 Å². The van der Waals surface area contributed by atoms with Crippen LogP contribution in [0.3, 0.4) is 0 Å². The molecule has 1 aromatic heterocycles. The zero-order valence-corrected chi connectivity index (χ0v) is 11.6. The van der Waals surface area contributed by atoms with Gasteiger partial charge in [0.1, 0.15) is 24.2 Å². The van der Waals surface area contributed by atoms with Crippen molar-refractivity contribution in [2.45, 2.75) is 38.4 Å². The lowest BCUT2D eigenvalue weighted by molar-refractivity contribution is -0.398. The molecule has 20 heavy (non-hydrogen) atoms. The van der Waals surface area contributed by atoms with Gasteiger partial charge in [-0.1, -0.05) is 0 Å². The second kappa shape index (κ2) is 7.39. The molecule has 8 heteroatoms. The van der Waals surface area contributed by atoms with Crippen molar-refractivity contribution in [1.82, 2.24) is 15.6 Å². The maximum atomic E-state index is 12.1. The second-order valence-corrected chi connectivity index (χ2v) is 4.72. The van der Waals surface area contributed by atoms with E-state index in [1.165, 1.54) is 0 Å². The first-order valence-corrected chi connectivity index (χ1v) is 6.36. The Hall–Kier alpha value is -2.22. The molecule has 1 heterocycles. The number of aromatic amines is 2. The minimum absolute atomic E-state index is 0.291. The van der Waals surface area contributed by atoms with Crippen molar-refractivity contribution < 1.29 is 25.1 Å². The number of amides is 2. The summed E-state index contributed by atoms with van der Waals surface area (Å²) in [4.78, 5) is 40.1. The average molecular weight is 283 g/mol. The summed E-state index contributed by atoms with van der Waals surface area (Å²) in [7, 11) is 0. The second-order valence-electron chi connectivity index (χ2n) is 4.72. The summed E-state index contributed by atoms with van der Waals surface area (Å²) in [5.74, 6) is -0.729. The molecule has 0 bridgehead atoms. The molecule has 0 radical (unpaired) electrons. The van der Waals surface area contributed by atoms with Gasteiger partial charge in [0.05, 0.1) is 6.04 Å². The molecule has 0 fully saturated rings. The Kier molecular flexibility index (Phi) is 5.85. The molecule has 1 aromatic rings. The Morgan fingerprint density at radius 2 is 2.10 bits per heavy atom. The van der Waals surface area contributed by atoms with Crippen LogP contribution in [0, 0.1) is 0 Å². The normalized spacial score (nSPS) is 14.9. The number of imidazole rings is 1. The Bertz CT molecular complexity index is 458. The van der Waals surface area contributed by atoms with Crippen molar-refractivity contribution in [3.05, 3.63) is 18.2 Å². The van der Waals surface area contributed by atoms with Crippen molar-refractivity contribution in [1.29, 1.82) is 0 Å². The fourth-order valence-corrected chi connectivity index (χ4v) is 1.54. The molecule has 7 N–H and O–H groups in total. The largest absolute Gasteiger partial charge is 0.348 e. The number of H-pyrrole nitrogens is 2. The van der Waals surface area contributed by atoms with Gasteiger partial charge >= 0.3 is 0 Å². The smallest absolute Gasteiger partial charge is 0.278 e. The summed E-state index contributed by atoms with van der Waals surface area (Å²) < 4.78 is 0. The molecule has 0 aliphatic carbocycles. The third-order valence-corrected chi connectivity index (χ3v) is 2.68. The number of carbonyl (C=O) groups excluding carboxylic acids is 3. The first kappa shape index (κ1) is 15.8. The SMILES string of the molecule is C[C@H]([NH3+])C(=O)N[C@@H](Cc1c[nH+]c[nH]1)C(=O)N[C@@H](C)C=O. The Morgan fingerprint density at radius 3 is 2.60 bits per heavy atom. The van der Waals surface area contributed by atoms with E-state index in [4.69, 9.17) is 0 Å². The van der Waals surface area contributed by atoms with Gasteiger partial charge in [0.2, 0.25) is 12.2 Å². The van der Waals surface area contributed by atoms with Gasteiger partial charge < -0.3 is 21.2 Å². The summed E-state index contributed by atoms with van der Waals surface area (Å²) in [6.07, 6.45) is 4.23. The van der Waals surface area contributed by atoms with Crippen molar-refractivity contribution >= 4 is 18.1 Å². The van der Waals surface area contributed by atoms with Crippen LogP contribution >= 0.6 is 0 Å². The topological polar surface area (TPSA) is 133 Å². The predicted molar refractivity (Wildman–Crippen MR) is 69.0 cm³/mol. The van der Waals surface area contributed by atoms with Gasteiger partial charge in [-0.2, -0.15) is 0 Å². The van der Waals surface area contributed by atoms with Crippen molar-refractivity contribution in [3.63, 3.8) is 0 Å². The quantitative estimate of drug-likeness (QED) is 0.402. The highest BCUT2D eigenvalue weighted by Gasteiger charge is 2.26.